The van der Waals surface area contributed by atoms with Crippen molar-refractivity contribution in [3.63, 3.8) is 0 Å². The summed E-state index contributed by atoms with van der Waals surface area (Å²) in [5.41, 5.74) is 0.679. The predicted molar refractivity (Wildman–Crippen MR) is 53.8 cm³/mol. The summed E-state index contributed by atoms with van der Waals surface area (Å²) < 4.78 is 13.4. The molecule has 0 saturated heterocycles. The maximum Gasteiger partial charge on any atom is 0.129 e. The van der Waals surface area contributed by atoms with Gasteiger partial charge in [-0.2, -0.15) is 0 Å². The zero-order chi connectivity index (χ0) is 11.4. The Hall–Kier alpha value is -0.970. The third kappa shape index (κ3) is 2.75. The molecule has 0 saturated carbocycles. The fourth-order valence-electron chi connectivity index (χ4n) is 1.50. The van der Waals surface area contributed by atoms with Crippen molar-refractivity contribution in [3.8, 4) is 0 Å². The number of rotatable bonds is 4. The Labute approximate surface area is 87.8 Å². The smallest absolute Gasteiger partial charge is 0.129 e. The van der Waals surface area contributed by atoms with Crippen molar-refractivity contribution < 1.29 is 19.7 Å². The van der Waals surface area contributed by atoms with E-state index in [2.05, 4.69) is 0 Å². The molecule has 15 heavy (non-hydrogen) atoms. The van der Waals surface area contributed by atoms with Gasteiger partial charge in [0.2, 0.25) is 0 Å². The second-order valence-corrected chi connectivity index (χ2v) is 3.49. The van der Waals surface area contributed by atoms with E-state index >= 15 is 0 Å². The van der Waals surface area contributed by atoms with Crippen LogP contribution < -0.4 is 0 Å². The summed E-state index contributed by atoms with van der Waals surface area (Å²) in [4.78, 5) is 0. The molecule has 1 aromatic rings. The minimum absolute atomic E-state index is 0.0228. The largest absolute Gasteiger partial charge is 0.396 e. The van der Waals surface area contributed by atoms with Crippen LogP contribution in [0.15, 0.2) is 18.2 Å². The first-order valence-corrected chi connectivity index (χ1v) is 4.80. The van der Waals surface area contributed by atoms with Gasteiger partial charge in [-0.1, -0.05) is 12.1 Å². The summed E-state index contributed by atoms with van der Waals surface area (Å²) >= 11 is 0. The first-order chi connectivity index (χ1) is 7.07. The fourth-order valence-corrected chi connectivity index (χ4v) is 1.50. The van der Waals surface area contributed by atoms with E-state index in [1.807, 2.05) is 0 Å². The van der Waals surface area contributed by atoms with Crippen molar-refractivity contribution in [2.24, 2.45) is 0 Å². The molecule has 1 aromatic carbocycles. The molecule has 0 fully saturated rings. The van der Waals surface area contributed by atoms with Gasteiger partial charge in [-0.05, 0) is 25.0 Å². The molecule has 0 aliphatic rings. The molecule has 3 N–H and O–H groups in total. The van der Waals surface area contributed by atoms with Crippen LogP contribution in [-0.2, 0) is 0 Å². The molecule has 84 valence electrons. The lowest BCUT2D eigenvalue weighted by atomic mass is 9.97. The maximum absolute atomic E-state index is 13.4. The van der Waals surface area contributed by atoms with Crippen LogP contribution in [0.1, 0.15) is 23.7 Å². The van der Waals surface area contributed by atoms with E-state index in [0.29, 0.717) is 5.56 Å². The van der Waals surface area contributed by atoms with Gasteiger partial charge in [-0.25, -0.2) is 4.39 Å². The first kappa shape index (κ1) is 12.1. The average Bonchev–Trinajstić information content (AvgIpc) is 2.17. The molecule has 0 radical (unpaired) electrons. The lowest BCUT2D eigenvalue weighted by molar-refractivity contribution is 0.00201. The lowest BCUT2D eigenvalue weighted by Crippen LogP contribution is -2.21. The molecule has 0 aliphatic carbocycles. The zero-order valence-electron chi connectivity index (χ0n) is 8.52. The molecule has 0 heterocycles. The molecule has 0 amide bonds. The van der Waals surface area contributed by atoms with Gasteiger partial charge in [0.25, 0.3) is 0 Å². The first-order valence-electron chi connectivity index (χ1n) is 4.80. The van der Waals surface area contributed by atoms with Gasteiger partial charge >= 0.3 is 0 Å². The Morgan fingerprint density at radius 2 is 2.00 bits per heavy atom. The van der Waals surface area contributed by atoms with E-state index in [9.17, 15) is 14.6 Å². The van der Waals surface area contributed by atoms with Crippen molar-refractivity contribution in [3.05, 3.63) is 35.1 Å². The van der Waals surface area contributed by atoms with Crippen LogP contribution in [0.25, 0.3) is 0 Å². The minimum Gasteiger partial charge on any atom is -0.396 e. The second kappa shape index (κ2) is 5.21. The summed E-state index contributed by atoms with van der Waals surface area (Å²) in [6, 6.07) is 4.43. The van der Waals surface area contributed by atoms with Crippen LogP contribution in [0.4, 0.5) is 4.39 Å². The number of hydrogen-bond acceptors (Lipinski definition) is 3. The minimum atomic E-state index is -1.29. The maximum atomic E-state index is 13.4. The van der Waals surface area contributed by atoms with Gasteiger partial charge in [-0.15, -0.1) is 0 Å². The fraction of sp³-hybridized carbons (Fsp3) is 0.455. The van der Waals surface area contributed by atoms with Gasteiger partial charge < -0.3 is 15.3 Å². The Morgan fingerprint density at radius 1 is 1.33 bits per heavy atom. The number of halogens is 1. The van der Waals surface area contributed by atoms with E-state index in [-0.39, 0.29) is 18.6 Å². The lowest BCUT2D eigenvalue weighted by Gasteiger charge is -2.19. The highest BCUT2D eigenvalue weighted by Gasteiger charge is 2.22. The molecule has 1 rings (SSSR count). The average molecular weight is 214 g/mol. The van der Waals surface area contributed by atoms with Crippen LogP contribution in [0.2, 0.25) is 0 Å². The molecule has 4 heteroatoms. The quantitative estimate of drug-likeness (QED) is 0.698. The van der Waals surface area contributed by atoms with E-state index in [4.69, 9.17) is 5.11 Å². The Morgan fingerprint density at radius 3 is 2.53 bits per heavy atom. The summed E-state index contributed by atoms with van der Waals surface area (Å²) in [5.74, 6) is -0.542. The Balaban J connectivity index is 2.94. The molecule has 0 aliphatic heterocycles. The highest BCUT2D eigenvalue weighted by atomic mass is 19.1. The van der Waals surface area contributed by atoms with E-state index in [0.717, 1.165) is 0 Å². The molecule has 3 nitrogen and oxygen atoms in total. The highest BCUT2D eigenvalue weighted by Crippen LogP contribution is 2.24. The predicted octanol–water partition coefficient (Wildman–Crippen LogP) is 0.911. The Bertz CT molecular complexity index is 307. The zero-order valence-corrected chi connectivity index (χ0v) is 8.52. The van der Waals surface area contributed by atoms with E-state index in [1.165, 1.54) is 6.07 Å². The number of hydrogen-bond donors (Lipinski definition) is 3. The highest BCUT2D eigenvalue weighted by molar-refractivity contribution is 5.29. The molecule has 2 unspecified atom stereocenters. The van der Waals surface area contributed by atoms with E-state index in [1.54, 1.807) is 19.1 Å². The Kier molecular flexibility index (Phi) is 4.20. The molecular formula is C11H15FO3. The number of benzene rings is 1. The van der Waals surface area contributed by atoms with E-state index < -0.39 is 18.0 Å². The van der Waals surface area contributed by atoms with Crippen LogP contribution in [0.3, 0.4) is 0 Å². The standard InChI is InChI=1S/C11H15FO3/c1-7-3-2-4-8(12)10(7)11(15)9(14)5-6-13/h2-4,9,11,13-15H,5-6H2,1H3. The van der Waals surface area contributed by atoms with Gasteiger partial charge in [0.05, 0.1) is 6.10 Å². The summed E-state index contributed by atoms with van der Waals surface area (Å²) in [7, 11) is 0. The number of aryl methyl sites for hydroxylation is 1. The van der Waals surface area contributed by atoms with Crippen molar-refractivity contribution in [2.75, 3.05) is 6.61 Å². The van der Waals surface area contributed by atoms with Crippen LogP contribution >= 0.6 is 0 Å². The van der Waals surface area contributed by atoms with Gasteiger partial charge in [-0.3, -0.25) is 0 Å². The van der Waals surface area contributed by atoms with Gasteiger partial charge in [0.1, 0.15) is 11.9 Å². The van der Waals surface area contributed by atoms with Crippen molar-refractivity contribution >= 4 is 0 Å². The van der Waals surface area contributed by atoms with Crippen LogP contribution in [-0.4, -0.2) is 28.0 Å². The summed E-state index contributed by atoms with van der Waals surface area (Å²) in [6.07, 6.45) is -2.42. The van der Waals surface area contributed by atoms with Crippen LogP contribution in [0, 0.1) is 12.7 Å². The number of aliphatic hydroxyl groups is 3. The van der Waals surface area contributed by atoms with Crippen molar-refractivity contribution in [1.29, 1.82) is 0 Å². The third-order valence-electron chi connectivity index (χ3n) is 2.36. The number of aliphatic hydroxyl groups excluding tert-OH is 3. The van der Waals surface area contributed by atoms with Crippen molar-refractivity contribution in [2.45, 2.75) is 25.6 Å². The third-order valence-corrected chi connectivity index (χ3v) is 2.36. The molecular weight excluding hydrogens is 199 g/mol. The molecule has 2 atom stereocenters. The molecule has 0 bridgehead atoms. The van der Waals surface area contributed by atoms with Crippen molar-refractivity contribution in [1.82, 2.24) is 0 Å². The summed E-state index contributed by atoms with van der Waals surface area (Å²) in [6.45, 7) is 1.42. The normalized spacial score (nSPS) is 15.0. The van der Waals surface area contributed by atoms with Gasteiger partial charge in [0.15, 0.2) is 0 Å². The SMILES string of the molecule is Cc1cccc(F)c1C(O)C(O)CCO. The topological polar surface area (TPSA) is 60.7 Å². The van der Waals surface area contributed by atoms with Gasteiger partial charge in [0, 0.05) is 12.2 Å². The van der Waals surface area contributed by atoms with Crippen LogP contribution in [0.5, 0.6) is 0 Å². The molecule has 0 spiro atoms. The summed E-state index contributed by atoms with van der Waals surface area (Å²) in [5, 5.41) is 27.7. The molecule has 0 aromatic heterocycles. The second-order valence-electron chi connectivity index (χ2n) is 3.49. The monoisotopic (exact) mass is 214 g/mol.